The second kappa shape index (κ2) is 5.81. The molecule has 0 aliphatic heterocycles. The molecule has 0 aromatic carbocycles. The van der Waals surface area contributed by atoms with Crippen molar-refractivity contribution in [3.05, 3.63) is 11.1 Å². The Labute approximate surface area is 94.7 Å². The number of ether oxygens (including phenoxy) is 1. The number of hydrogen-bond acceptors (Lipinski definition) is 7. The standard InChI is InChI=1S/C8H9N3O4S/c1-2-15-7(13)6(11-14)5-3-16-8(10-5)9-4-12/h3-4,14H,2H2,1H3,(H,9,10,12)/b11-6+. The van der Waals surface area contributed by atoms with Crippen molar-refractivity contribution in [2.45, 2.75) is 6.92 Å². The number of anilines is 1. The minimum absolute atomic E-state index is 0.148. The van der Waals surface area contributed by atoms with Crippen LogP contribution in [0.4, 0.5) is 5.13 Å². The summed E-state index contributed by atoms with van der Waals surface area (Å²) in [5.74, 6) is -0.770. The Kier molecular flexibility index (Phi) is 4.40. The van der Waals surface area contributed by atoms with Crippen LogP contribution in [0.1, 0.15) is 12.6 Å². The summed E-state index contributed by atoms with van der Waals surface area (Å²) in [6.07, 6.45) is 0.461. The summed E-state index contributed by atoms with van der Waals surface area (Å²) in [6.45, 7) is 1.80. The molecule has 0 spiro atoms. The van der Waals surface area contributed by atoms with Crippen molar-refractivity contribution in [2.75, 3.05) is 11.9 Å². The average Bonchev–Trinajstić information content (AvgIpc) is 2.68. The number of carbonyl (C=O) groups is 2. The molecule has 86 valence electrons. The van der Waals surface area contributed by atoms with Gasteiger partial charge in [0.1, 0.15) is 5.69 Å². The first-order valence-corrected chi connectivity index (χ1v) is 5.16. The van der Waals surface area contributed by atoms with E-state index in [-0.39, 0.29) is 18.0 Å². The number of nitrogens with zero attached hydrogens (tertiary/aromatic N) is 2. The Bertz CT molecular complexity index is 415. The van der Waals surface area contributed by atoms with Gasteiger partial charge in [-0.2, -0.15) is 0 Å². The lowest BCUT2D eigenvalue weighted by molar-refractivity contribution is -0.135. The fraction of sp³-hybridized carbons (Fsp3) is 0.250. The predicted molar refractivity (Wildman–Crippen MR) is 56.8 cm³/mol. The number of oxime groups is 1. The maximum absolute atomic E-state index is 11.3. The molecule has 2 N–H and O–H groups in total. The molecule has 0 atom stereocenters. The van der Waals surface area contributed by atoms with Crippen molar-refractivity contribution in [1.82, 2.24) is 4.98 Å². The van der Waals surface area contributed by atoms with Crippen LogP contribution in [-0.4, -0.2) is 34.9 Å². The summed E-state index contributed by atoms with van der Waals surface area (Å²) in [7, 11) is 0. The molecule has 1 aromatic heterocycles. The van der Waals surface area contributed by atoms with Gasteiger partial charge < -0.3 is 15.3 Å². The summed E-state index contributed by atoms with van der Waals surface area (Å²) >= 11 is 1.10. The fourth-order valence-electron chi connectivity index (χ4n) is 0.895. The zero-order valence-electron chi connectivity index (χ0n) is 8.34. The molecule has 7 nitrogen and oxygen atoms in total. The average molecular weight is 243 g/mol. The molecular formula is C8H9N3O4S. The molecule has 1 amide bonds. The number of thiazole rings is 1. The Morgan fingerprint density at radius 1 is 1.81 bits per heavy atom. The lowest BCUT2D eigenvalue weighted by Gasteiger charge is -2.00. The number of amides is 1. The van der Waals surface area contributed by atoms with Gasteiger partial charge >= 0.3 is 5.97 Å². The number of nitrogens with one attached hydrogen (secondary N) is 1. The van der Waals surface area contributed by atoms with Crippen LogP contribution >= 0.6 is 11.3 Å². The van der Waals surface area contributed by atoms with Crippen molar-refractivity contribution in [3.8, 4) is 0 Å². The molecule has 0 bridgehead atoms. The normalized spacial score (nSPS) is 10.9. The van der Waals surface area contributed by atoms with Crippen LogP contribution in [0.25, 0.3) is 0 Å². The zero-order chi connectivity index (χ0) is 12.0. The molecule has 1 heterocycles. The highest BCUT2D eigenvalue weighted by atomic mass is 32.1. The third kappa shape index (κ3) is 2.76. The van der Waals surface area contributed by atoms with Gasteiger partial charge in [-0.1, -0.05) is 5.16 Å². The number of aromatic nitrogens is 1. The molecule has 16 heavy (non-hydrogen) atoms. The third-order valence-electron chi connectivity index (χ3n) is 1.50. The van der Waals surface area contributed by atoms with Gasteiger partial charge in [0, 0.05) is 5.38 Å². The Morgan fingerprint density at radius 3 is 3.12 bits per heavy atom. The second-order valence-corrected chi connectivity index (χ2v) is 3.33. The van der Waals surface area contributed by atoms with E-state index in [1.807, 2.05) is 0 Å². The van der Waals surface area contributed by atoms with Gasteiger partial charge in [0.2, 0.25) is 12.1 Å². The zero-order valence-corrected chi connectivity index (χ0v) is 9.15. The molecule has 0 fully saturated rings. The van der Waals surface area contributed by atoms with Gasteiger partial charge in [-0.25, -0.2) is 9.78 Å². The van der Waals surface area contributed by atoms with E-state index in [0.29, 0.717) is 11.5 Å². The Hall–Kier alpha value is -1.96. The van der Waals surface area contributed by atoms with Gasteiger partial charge in [0.05, 0.1) is 6.61 Å². The second-order valence-electron chi connectivity index (χ2n) is 2.47. The van der Waals surface area contributed by atoms with E-state index in [1.54, 1.807) is 6.92 Å². The van der Waals surface area contributed by atoms with Crippen LogP contribution in [0.5, 0.6) is 0 Å². The van der Waals surface area contributed by atoms with Gasteiger partial charge in [0.25, 0.3) is 0 Å². The first-order valence-electron chi connectivity index (χ1n) is 4.28. The molecule has 0 saturated heterocycles. The van der Waals surface area contributed by atoms with E-state index < -0.39 is 5.97 Å². The van der Waals surface area contributed by atoms with E-state index in [4.69, 9.17) is 5.21 Å². The highest BCUT2D eigenvalue weighted by Crippen LogP contribution is 2.15. The van der Waals surface area contributed by atoms with Crippen LogP contribution in [0, 0.1) is 0 Å². The van der Waals surface area contributed by atoms with E-state index in [0.717, 1.165) is 11.3 Å². The minimum Gasteiger partial charge on any atom is -0.461 e. The van der Waals surface area contributed by atoms with Crippen molar-refractivity contribution < 1.29 is 19.5 Å². The SMILES string of the molecule is CCOC(=O)/C(=N/O)c1csc(NC=O)n1. The topological polar surface area (TPSA) is 101 Å². The summed E-state index contributed by atoms with van der Waals surface area (Å²) in [5, 5.41) is 15.6. The van der Waals surface area contributed by atoms with Crippen LogP contribution in [0.2, 0.25) is 0 Å². The number of carbonyl (C=O) groups excluding carboxylic acids is 2. The third-order valence-corrected chi connectivity index (χ3v) is 2.27. The van der Waals surface area contributed by atoms with Crippen LogP contribution in [0.15, 0.2) is 10.5 Å². The van der Waals surface area contributed by atoms with Gasteiger partial charge in [-0.3, -0.25) is 4.79 Å². The number of rotatable bonds is 5. The summed E-state index contributed by atoms with van der Waals surface area (Å²) in [6, 6.07) is 0. The molecule has 8 heteroatoms. The van der Waals surface area contributed by atoms with E-state index in [9.17, 15) is 9.59 Å². The lowest BCUT2D eigenvalue weighted by atomic mass is 10.3. The number of esters is 1. The molecule has 0 radical (unpaired) electrons. The Morgan fingerprint density at radius 2 is 2.56 bits per heavy atom. The van der Waals surface area contributed by atoms with Crippen LogP contribution < -0.4 is 5.32 Å². The summed E-state index contributed by atoms with van der Waals surface area (Å²) in [4.78, 5) is 25.3. The number of hydrogen-bond donors (Lipinski definition) is 2. The van der Waals surface area contributed by atoms with E-state index in [2.05, 4.69) is 20.2 Å². The minimum atomic E-state index is -0.770. The molecule has 1 rings (SSSR count). The van der Waals surface area contributed by atoms with Crippen molar-refractivity contribution in [2.24, 2.45) is 5.16 Å². The quantitative estimate of drug-likeness (QED) is 0.257. The largest absolute Gasteiger partial charge is 0.461 e. The molecule has 0 saturated carbocycles. The Balaban J connectivity index is 2.87. The van der Waals surface area contributed by atoms with Gasteiger partial charge in [-0.05, 0) is 6.92 Å². The fourth-order valence-corrected chi connectivity index (χ4v) is 1.55. The summed E-state index contributed by atoms with van der Waals surface area (Å²) < 4.78 is 4.66. The maximum Gasteiger partial charge on any atom is 0.362 e. The molecule has 0 unspecified atom stereocenters. The highest BCUT2D eigenvalue weighted by molar-refractivity contribution is 7.14. The lowest BCUT2D eigenvalue weighted by Crippen LogP contribution is -2.19. The summed E-state index contributed by atoms with van der Waals surface area (Å²) in [5.41, 5.74) is -0.146. The first-order chi connectivity index (χ1) is 7.72. The molecule has 0 aliphatic carbocycles. The van der Waals surface area contributed by atoms with Gasteiger partial charge in [-0.15, -0.1) is 11.3 Å². The van der Waals surface area contributed by atoms with Crippen LogP contribution in [0.3, 0.4) is 0 Å². The van der Waals surface area contributed by atoms with Gasteiger partial charge in [0.15, 0.2) is 5.13 Å². The predicted octanol–water partition coefficient (Wildman–Crippen LogP) is 0.453. The monoisotopic (exact) mass is 243 g/mol. The van der Waals surface area contributed by atoms with E-state index >= 15 is 0 Å². The first kappa shape index (κ1) is 12.1. The molecule has 1 aromatic rings. The molecule has 0 aliphatic rings. The smallest absolute Gasteiger partial charge is 0.362 e. The maximum atomic E-state index is 11.3. The highest BCUT2D eigenvalue weighted by Gasteiger charge is 2.19. The van der Waals surface area contributed by atoms with Crippen LogP contribution in [-0.2, 0) is 14.3 Å². The van der Waals surface area contributed by atoms with Crippen molar-refractivity contribution >= 4 is 34.6 Å². The van der Waals surface area contributed by atoms with Crippen molar-refractivity contribution in [3.63, 3.8) is 0 Å². The van der Waals surface area contributed by atoms with Crippen molar-refractivity contribution in [1.29, 1.82) is 0 Å². The molecular weight excluding hydrogens is 234 g/mol. The van der Waals surface area contributed by atoms with E-state index in [1.165, 1.54) is 5.38 Å².